The van der Waals surface area contributed by atoms with E-state index in [1.165, 1.54) is 7.11 Å². The van der Waals surface area contributed by atoms with Crippen molar-refractivity contribution < 1.29 is 14.3 Å². The van der Waals surface area contributed by atoms with E-state index in [1.807, 2.05) is 13.8 Å². The second-order valence-electron chi connectivity index (χ2n) is 5.40. The third-order valence-corrected chi connectivity index (χ3v) is 3.51. The lowest BCUT2D eigenvalue weighted by molar-refractivity contribution is -0.145. The van der Waals surface area contributed by atoms with E-state index in [-0.39, 0.29) is 23.7 Å². The van der Waals surface area contributed by atoms with Gasteiger partial charge >= 0.3 is 5.97 Å². The summed E-state index contributed by atoms with van der Waals surface area (Å²) >= 11 is 0. The van der Waals surface area contributed by atoms with E-state index in [1.54, 1.807) is 0 Å². The van der Waals surface area contributed by atoms with Crippen LogP contribution in [0.3, 0.4) is 0 Å². The SMILES string of the molecule is COC(=O)[C@@H](C)CCCCNC(=O)[C@@H](C)CCCCN. The minimum atomic E-state index is -0.164. The number of hydrogen-bond acceptors (Lipinski definition) is 4. The summed E-state index contributed by atoms with van der Waals surface area (Å²) in [7, 11) is 1.41. The van der Waals surface area contributed by atoms with E-state index >= 15 is 0 Å². The normalized spacial score (nSPS) is 13.6. The first-order valence-electron chi connectivity index (χ1n) is 7.58. The zero-order valence-electron chi connectivity index (χ0n) is 13.1. The van der Waals surface area contributed by atoms with Crippen LogP contribution in [0.1, 0.15) is 52.4 Å². The van der Waals surface area contributed by atoms with Crippen molar-refractivity contribution in [3.05, 3.63) is 0 Å². The van der Waals surface area contributed by atoms with Gasteiger partial charge in [-0.05, 0) is 32.2 Å². The van der Waals surface area contributed by atoms with Crippen molar-refractivity contribution in [2.45, 2.75) is 52.4 Å². The standard InChI is InChI=1S/C15H30N2O3/c1-12(8-4-6-10-16)14(18)17-11-7-5-9-13(2)15(19)20-3/h12-13H,4-11,16H2,1-3H3,(H,17,18)/t12-,13-/m0/s1. The van der Waals surface area contributed by atoms with Crippen LogP contribution in [0, 0.1) is 11.8 Å². The van der Waals surface area contributed by atoms with Gasteiger partial charge in [-0.1, -0.05) is 26.7 Å². The van der Waals surface area contributed by atoms with Crippen LogP contribution in [0.25, 0.3) is 0 Å². The Kier molecular flexibility index (Phi) is 11.1. The number of unbranched alkanes of at least 4 members (excludes halogenated alkanes) is 2. The van der Waals surface area contributed by atoms with Gasteiger partial charge in [-0.15, -0.1) is 0 Å². The molecule has 0 aliphatic carbocycles. The third kappa shape index (κ3) is 8.91. The van der Waals surface area contributed by atoms with Crippen LogP contribution in [-0.2, 0) is 14.3 Å². The van der Waals surface area contributed by atoms with Crippen molar-refractivity contribution in [2.24, 2.45) is 17.6 Å². The zero-order chi connectivity index (χ0) is 15.4. The number of nitrogens with one attached hydrogen (secondary N) is 1. The summed E-state index contributed by atoms with van der Waals surface area (Å²) < 4.78 is 4.67. The maximum Gasteiger partial charge on any atom is 0.308 e. The van der Waals surface area contributed by atoms with Gasteiger partial charge in [0, 0.05) is 12.5 Å². The molecule has 0 aromatic rings. The van der Waals surface area contributed by atoms with Crippen molar-refractivity contribution in [1.82, 2.24) is 5.32 Å². The van der Waals surface area contributed by atoms with Gasteiger partial charge in [0.2, 0.25) is 5.91 Å². The predicted octanol–water partition coefficient (Wildman–Crippen LogP) is 1.85. The van der Waals surface area contributed by atoms with Crippen LogP contribution in [0.4, 0.5) is 0 Å². The molecule has 0 rings (SSSR count). The molecule has 0 saturated heterocycles. The maximum absolute atomic E-state index is 11.8. The Morgan fingerprint density at radius 1 is 1.05 bits per heavy atom. The van der Waals surface area contributed by atoms with Gasteiger partial charge in [-0.25, -0.2) is 0 Å². The molecule has 20 heavy (non-hydrogen) atoms. The van der Waals surface area contributed by atoms with E-state index in [0.717, 1.165) is 38.5 Å². The summed E-state index contributed by atoms with van der Waals surface area (Å²) in [6, 6.07) is 0. The van der Waals surface area contributed by atoms with Crippen LogP contribution in [0.5, 0.6) is 0 Å². The molecule has 5 heteroatoms. The molecule has 0 fully saturated rings. The summed E-state index contributed by atoms with van der Waals surface area (Å²) in [5.41, 5.74) is 5.43. The van der Waals surface area contributed by atoms with Gasteiger partial charge < -0.3 is 15.8 Å². The first kappa shape index (κ1) is 18.9. The Morgan fingerprint density at radius 3 is 2.25 bits per heavy atom. The van der Waals surface area contributed by atoms with Crippen molar-refractivity contribution >= 4 is 11.9 Å². The van der Waals surface area contributed by atoms with E-state index in [9.17, 15) is 9.59 Å². The molecular weight excluding hydrogens is 256 g/mol. The third-order valence-electron chi connectivity index (χ3n) is 3.51. The molecule has 1 amide bonds. The number of rotatable bonds is 11. The lowest BCUT2D eigenvalue weighted by Gasteiger charge is -2.12. The Bertz CT molecular complexity index is 282. The smallest absolute Gasteiger partial charge is 0.308 e. The average molecular weight is 286 g/mol. The maximum atomic E-state index is 11.8. The van der Waals surface area contributed by atoms with Crippen molar-refractivity contribution in [3.8, 4) is 0 Å². The molecule has 0 aromatic carbocycles. The molecule has 0 radical (unpaired) electrons. The molecule has 3 N–H and O–H groups in total. The number of methoxy groups -OCH3 is 1. The van der Waals surface area contributed by atoms with Gasteiger partial charge in [0.05, 0.1) is 13.0 Å². The zero-order valence-corrected chi connectivity index (χ0v) is 13.1. The number of ether oxygens (including phenoxy) is 1. The molecule has 0 saturated carbocycles. The largest absolute Gasteiger partial charge is 0.469 e. The molecule has 0 aliphatic heterocycles. The highest BCUT2D eigenvalue weighted by atomic mass is 16.5. The molecule has 0 heterocycles. The number of amides is 1. The van der Waals surface area contributed by atoms with Gasteiger partial charge in [0.25, 0.3) is 0 Å². The molecule has 2 atom stereocenters. The number of nitrogens with two attached hydrogens (primary N) is 1. The van der Waals surface area contributed by atoms with Gasteiger partial charge in [0.15, 0.2) is 0 Å². The molecule has 5 nitrogen and oxygen atoms in total. The van der Waals surface area contributed by atoms with Crippen LogP contribution < -0.4 is 11.1 Å². The first-order valence-corrected chi connectivity index (χ1v) is 7.58. The second kappa shape index (κ2) is 11.7. The van der Waals surface area contributed by atoms with Crippen LogP contribution >= 0.6 is 0 Å². The lowest BCUT2D eigenvalue weighted by atomic mass is 10.0. The first-order chi connectivity index (χ1) is 9.52. The molecular formula is C15H30N2O3. The van der Waals surface area contributed by atoms with Gasteiger partial charge in [0.1, 0.15) is 0 Å². The fraction of sp³-hybridized carbons (Fsp3) is 0.867. The molecule has 0 spiro atoms. The summed E-state index contributed by atoms with van der Waals surface area (Å²) in [4.78, 5) is 23.0. The monoisotopic (exact) mass is 286 g/mol. The molecule has 0 aromatic heterocycles. The lowest BCUT2D eigenvalue weighted by Crippen LogP contribution is -2.30. The number of hydrogen-bond donors (Lipinski definition) is 2. The quantitative estimate of drug-likeness (QED) is 0.448. The Labute approximate surface area is 122 Å². The second-order valence-corrected chi connectivity index (χ2v) is 5.40. The van der Waals surface area contributed by atoms with E-state index in [2.05, 4.69) is 10.1 Å². The number of carbonyl (C=O) groups is 2. The molecule has 118 valence electrons. The van der Waals surface area contributed by atoms with E-state index < -0.39 is 0 Å². The van der Waals surface area contributed by atoms with Crippen LogP contribution in [0.2, 0.25) is 0 Å². The Hall–Kier alpha value is -1.10. The fourth-order valence-electron chi connectivity index (χ4n) is 2.01. The Morgan fingerprint density at radius 2 is 1.65 bits per heavy atom. The summed E-state index contributed by atoms with van der Waals surface area (Å²) in [5.74, 6) is -0.0629. The number of carbonyl (C=O) groups excluding carboxylic acids is 2. The topological polar surface area (TPSA) is 81.4 Å². The average Bonchev–Trinajstić information content (AvgIpc) is 2.45. The van der Waals surface area contributed by atoms with E-state index in [0.29, 0.717) is 13.1 Å². The van der Waals surface area contributed by atoms with Crippen LogP contribution in [-0.4, -0.2) is 32.1 Å². The van der Waals surface area contributed by atoms with Gasteiger partial charge in [-0.2, -0.15) is 0 Å². The highest BCUT2D eigenvalue weighted by molar-refractivity contribution is 5.78. The summed E-state index contributed by atoms with van der Waals surface area (Å²) in [6.45, 7) is 5.18. The highest BCUT2D eigenvalue weighted by Gasteiger charge is 2.13. The van der Waals surface area contributed by atoms with Gasteiger partial charge in [-0.3, -0.25) is 9.59 Å². The molecule has 0 unspecified atom stereocenters. The van der Waals surface area contributed by atoms with Crippen molar-refractivity contribution in [1.29, 1.82) is 0 Å². The Balaban J connectivity index is 3.59. The molecule has 0 aliphatic rings. The van der Waals surface area contributed by atoms with Crippen LogP contribution in [0.15, 0.2) is 0 Å². The highest BCUT2D eigenvalue weighted by Crippen LogP contribution is 2.10. The number of esters is 1. The van der Waals surface area contributed by atoms with E-state index in [4.69, 9.17) is 5.73 Å². The van der Waals surface area contributed by atoms with Crippen molar-refractivity contribution in [3.63, 3.8) is 0 Å². The minimum Gasteiger partial charge on any atom is -0.469 e. The molecule has 0 bridgehead atoms. The summed E-state index contributed by atoms with van der Waals surface area (Å²) in [5, 5.41) is 2.94. The predicted molar refractivity (Wildman–Crippen MR) is 80.1 cm³/mol. The minimum absolute atomic E-state index is 0.0514. The summed E-state index contributed by atoms with van der Waals surface area (Å²) in [6.07, 6.45) is 5.47. The van der Waals surface area contributed by atoms with Crippen molar-refractivity contribution in [2.75, 3.05) is 20.2 Å². The fourth-order valence-corrected chi connectivity index (χ4v) is 2.01.